The van der Waals surface area contributed by atoms with E-state index in [0.717, 1.165) is 31.2 Å². The Morgan fingerprint density at radius 3 is 2.75 bits per heavy atom. The van der Waals surface area contributed by atoms with Crippen molar-refractivity contribution in [1.29, 1.82) is 0 Å². The van der Waals surface area contributed by atoms with Crippen molar-refractivity contribution >= 4 is 0 Å². The van der Waals surface area contributed by atoms with E-state index in [1.807, 2.05) is 12.1 Å². The van der Waals surface area contributed by atoms with Gasteiger partial charge in [-0.05, 0) is 43.4 Å². The maximum atomic E-state index is 9.41. The molecule has 1 aromatic rings. The van der Waals surface area contributed by atoms with Crippen LogP contribution in [0.4, 0.5) is 0 Å². The van der Waals surface area contributed by atoms with Gasteiger partial charge in [0.05, 0.1) is 6.61 Å². The van der Waals surface area contributed by atoms with Crippen LogP contribution in [0.15, 0.2) is 18.2 Å². The highest BCUT2D eigenvalue weighted by molar-refractivity contribution is 5.35. The Hall–Kier alpha value is -1.06. The van der Waals surface area contributed by atoms with Gasteiger partial charge in [-0.2, -0.15) is 0 Å². The van der Waals surface area contributed by atoms with Crippen LogP contribution >= 0.6 is 0 Å². The van der Waals surface area contributed by atoms with Crippen molar-refractivity contribution in [2.24, 2.45) is 5.73 Å². The number of hydrogen-bond acceptors (Lipinski definition) is 3. The third kappa shape index (κ3) is 3.83. The normalized spacial score (nSPS) is 12.7. The largest absolute Gasteiger partial charge is 0.508 e. The molecule has 0 aliphatic rings. The minimum atomic E-state index is -0.117. The lowest BCUT2D eigenvalue weighted by atomic mass is 10.0. The van der Waals surface area contributed by atoms with Crippen LogP contribution < -0.4 is 5.73 Å². The van der Waals surface area contributed by atoms with E-state index in [9.17, 15) is 5.11 Å². The molecule has 0 aromatic heterocycles. The second-order valence-electron chi connectivity index (χ2n) is 4.18. The summed E-state index contributed by atoms with van der Waals surface area (Å²) in [6, 6.07) is 5.67. The molecule has 0 heterocycles. The van der Waals surface area contributed by atoms with Crippen molar-refractivity contribution in [2.45, 2.75) is 45.3 Å². The molecule has 0 aliphatic heterocycles. The van der Waals surface area contributed by atoms with E-state index in [2.05, 4.69) is 6.92 Å². The lowest BCUT2D eigenvalue weighted by Gasteiger charge is -2.09. The Morgan fingerprint density at radius 2 is 2.12 bits per heavy atom. The molecule has 0 radical (unpaired) electrons. The van der Waals surface area contributed by atoms with E-state index in [1.165, 1.54) is 0 Å². The Labute approximate surface area is 96.9 Å². The molecule has 1 unspecified atom stereocenters. The second kappa shape index (κ2) is 6.51. The Bertz CT molecular complexity index is 326. The van der Waals surface area contributed by atoms with Crippen LogP contribution in [0.3, 0.4) is 0 Å². The molecule has 4 N–H and O–H groups in total. The highest BCUT2D eigenvalue weighted by Gasteiger charge is 2.03. The molecular weight excluding hydrogens is 202 g/mol. The van der Waals surface area contributed by atoms with Crippen molar-refractivity contribution in [3.8, 4) is 5.75 Å². The third-order valence-electron chi connectivity index (χ3n) is 2.88. The average molecular weight is 223 g/mol. The fourth-order valence-corrected chi connectivity index (χ4v) is 1.69. The van der Waals surface area contributed by atoms with Crippen LogP contribution in [-0.4, -0.2) is 16.3 Å². The van der Waals surface area contributed by atoms with Gasteiger partial charge in [0.2, 0.25) is 0 Å². The number of aryl methyl sites for hydroxylation is 1. The van der Waals surface area contributed by atoms with Crippen LogP contribution in [-0.2, 0) is 13.0 Å². The van der Waals surface area contributed by atoms with Crippen molar-refractivity contribution < 1.29 is 10.2 Å². The zero-order valence-corrected chi connectivity index (χ0v) is 9.82. The standard InChI is InChI=1S/C13H21NO2/c1-2-12(14)5-3-4-10-6-7-13(16)11(8-10)9-15/h6-8,12,15-16H,2-5,9,14H2,1H3. The monoisotopic (exact) mass is 223 g/mol. The number of aliphatic hydroxyl groups excluding tert-OH is 1. The molecule has 1 rings (SSSR count). The molecular formula is C13H21NO2. The third-order valence-corrected chi connectivity index (χ3v) is 2.88. The first-order chi connectivity index (χ1) is 7.67. The van der Waals surface area contributed by atoms with Gasteiger partial charge in [-0.3, -0.25) is 0 Å². The molecule has 3 nitrogen and oxygen atoms in total. The fraction of sp³-hybridized carbons (Fsp3) is 0.538. The number of benzene rings is 1. The van der Waals surface area contributed by atoms with Crippen molar-refractivity contribution in [1.82, 2.24) is 0 Å². The maximum absolute atomic E-state index is 9.41. The molecule has 0 saturated heterocycles. The van der Waals surface area contributed by atoms with Gasteiger partial charge in [0.25, 0.3) is 0 Å². The maximum Gasteiger partial charge on any atom is 0.121 e. The summed E-state index contributed by atoms with van der Waals surface area (Å²) < 4.78 is 0. The number of rotatable bonds is 6. The van der Waals surface area contributed by atoms with Crippen LogP contribution in [0, 0.1) is 0 Å². The van der Waals surface area contributed by atoms with Crippen LogP contribution in [0.2, 0.25) is 0 Å². The molecule has 0 fully saturated rings. The van der Waals surface area contributed by atoms with E-state index >= 15 is 0 Å². The van der Waals surface area contributed by atoms with Gasteiger partial charge in [0.1, 0.15) is 5.75 Å². The number of hydrogen-bond donors (Lipinski definition) is 3. The number of aliphatic hydroxyl groups is 1. The van der Waals surface area contributed by atoms with Crippen LogP contribution in [0.5, 0.6) is 5.75 Å². The van der Waals surface area contributed by atoms with Gasteiger partial charge in [-0.15, -0.1) is 0 Å². The van der Waals surface area contributed by atoms with Gasteiger partial charge < -0.3 is 15.9 Å². The molecule has 0 bridgehead atoms. The summed E-state index contributed by atoms with van der Waals surface area (Å²) in [5.41, 5.74) is 7.58. The second-order valence-corrected chi connectivity index (χ2v) is 4.18. The van der Waals surface area contributed by atoms with Gasteiger partial charge in [0.15, 0.2) is 0 Å². The Morgan fingerprint density at radius 1 is 1.38 bits per heavy atom. The minimum Gasteiger partial charge on any atom is -0.508 e. The molecule has 0 aliphatic carbocycles. The summed E-state index contributed by atoms with van der Waals surface area (Å²) in [6.07, 6.45) is 4.02. The number of phenols is 1. The highest BCUT2D eigenvalue weighted by Crippen LogP contribution is 2.19. The molecule has 0 saturated carbocycles. The molecule has 16 heavy (non-hydrogen) atoms. The molecule has 0 spiro atoms. The highest BCUT2D eigenvalue weighted by atomic mass is 16.3. The Balaban J connectivity index is 2.48. The van der Waals surface area contributed by atoms with Crippen molar-refractivity contribution in [2.75, 3.05) is 0 Å². The zero-order valence-electron chi connectivity index (χ0n) is 9.82. The average Bonchev–Trinajstić information content (AvgIpc) is 2.31. The quantitative estimate of drug-likeness (QED) is 0.690. The summed E-state index contributed by atoms with van der Waals surface area (Å²) in [5.74, 6) is 0.163. The van der Waals surface area contributed by atoms with Gasteiger partial charge in [0, 0.05) is 11.6 Å². The molecule has 1 aromatic carbocycles. The summed E-state index contributed by atoms with van der Waals surface area (Å²) in [4.78, 5) is 0. The molecule has 3 heteroatoms. The van der Waals surface area contributed by atoms with Crippen LogP contribution in [0.25, 0.3) is 0 Å². The van der Waals surface area contributed by atoms with Crippen molar-refractivity contribution in [3.63, 3.8) is 0 Å². The fourth-order valence-electron chi connectivity index (χ4n) is 1.69. The van der Waals surface area contributed by atoms with Gasteiger partial charge in [-0.25, -0.2) is 0 Å². The van der Waals surface area contributed by atoms with E-state index in [-0.39, 0.29) is 18.4 Å². The number of nitrogens with two attached hydrogens (primary N) is 1. The first-order valence-electron chi connectivity index (χ1n) is 5.84. The summed E-state index contributed by atoms with van der Waals surface area (Å²) in [6.45, 7) is 1.98. The Kier molecular flexibility index (Phi) is 5.29. The van der Waals surface area contributed by atoms with Crippen LogP contribution in [0.1, 0.15) is 37.3 Å². The molecule has 1 atom stereocenters. The van der Waals surface area contributed by atoms with Crippen molar-refractivity contribution in [3.05, 3.63) is 29.3 Å². The molecule has 90 valence electrons. The predicted molar refractivity (Wildman–Crippen MR) is 65.2 cm³/mol. The summed E-state index contributed by atoms with van der Waals surface area (Å²) >= 11 is 0. The van der Waals surface area contributed by atoms with E-state index in [0.29, 0.717) is 5.56 Å². The van der Waals surface area contributed by atoms with Gasteiger partial charge in [-0.1, -0.05) is 13.0 Å². The summed E-state index contributed by atoms with van der Waals surface area (Å²) in [5, 5.41) is 18.4. The topological polar surface area (TPSA) is 66.5 Å². The van der Waals surface area contributed by atoms with E-state index in [1.54, 1.807) is 6.07 Å². The first-order valence-corrected chi connectivity index (χ1v) is 5.84. The van der Waals surface area contributed by atoms with E-state index < -0.39 is 0 Å². The van der Waals surface area contributed by atoms with E-state index in [4.69, 9.17) is 10.8 Å². The molecule has 0 amide bonds. The first kappa shape index (κ1) is 13.0. The predicted octanol–water partition coefficient (Wildman–Crippen LogP) is 1.94. The zero-order chi connectivity index (χ0) is 12.0. The smallest absolute Gasteiger partial charge is 0.121 e. The summed E-state index contributed by atoms with van der Waals surface area (Å²) in [7, 11) is 0. The number of aromatic hydroxyl groups is 1. The lowest BCUT2D eigenvalue weighted by molar-refractivity contribution is 0.275. The van der Waals surface area contributed by atoms with Gasteiger partial charge >= 0.3 is 0 Å². The SMILES string of the molecule is CCC(N)CCCc1ccc(O)c(CO)c1. The lowest BCUT2D eigenvalue weighted by Crippen LogP contribution is -2.18. The minimum absolute atomic E-state index is 0.117.